The quantitative estimate of drug-likeness (QED) is 0.183. The maximum Gasteiger partial charge on any atom is 0.152 e. The molecule has 0 spiro atoms. The standard InChI is InChI=1S/C27H19ClN2S2/c28-22-13-11-19(12-14-22)18-29-23-15-16-24-25(17-23)31-27(30-24)32-26(20-7-3-1-4-8-20)21-9-5-2-6-10-21/h1-18,26H. The number of nitrogens with zero attached hydrogens (tertiary/aromatic N) is 2. The first kappa shape index (κ1) is 21.0. The van der Waals surface area contributed by atoms with Crippen LogP contribution in [0.25, 0.3) is 10.2 Å². The van der Waals surface area contributed by atoms with E-state index < -0.39 is 0 Å². The summed E-state index contributed by atoms with van der Waals surface area (Å²) in [5.41, 5.74) is 5.48. The first-order chi connectivity index (χ1) is 15.7. The Morgan fingerprint density at radius 2 is 1.47 bits per heavy atom. The molecular weight excluding hydrogens is 452 g/mol. The predicted molar refractivity (Wildman–Crippen MR) is 139 cm³/mol. The number of hydrogen-bond acceptors (Lipinski definition) is 4. The smallest absolute Gasteiger partial charge is 0.152 e. The Morgan fingerprint density at radius 1 is 0.812 bits per heavy atom. The van der Waals surface area contributed by atoms with E-state index in [1.54, 1.807) is 23.1 Å². The van der Waals surface area contributed by atoms with Crippen molar-refractivity contribution in [2.45, 2.75) is 9.59 Å². The average molecular weight is 471 g/mol. The van der Waals surface area contributed by atoms with Gasteiger partial charge < -0.3 is 0 Å². The molecule has 5 heteroatoms. The van der Waals surface area contributed by atoms with Crippen molar-refractivity contribution < 1.29 is 0 Å². The largest absolute Gasteiger partial charge is 0.256 e. The van der Waals surface area contributed by atoms with E-state index in [0.29, 0.717) is 0 Å². The molecule has 0 saturated heterocycles. The molecule has 0 fully saturated rings. The van der Waals surface area contributed by atoms with Crippen LogP contribution in [0.2, 0.25) is 5.02 Å². The Bertz CT molecular complexity index is 1310. The average Bonchev–Trinajstić information content (AvgIpc) is 3.25. The number of rotatable bonds is 6. The topological polar surface area (TPSA) is 25.2 Å². The SMILES string of the molecule is Clc1ccc(C=Nc2ccc3nc(SC(c4ccccc4)c4ccccc4)sc3c2)cc1. The zero-order chi connectivity index (χ0) is 21.8. The summed E-state index contributed by atoms with van der Waals surface area (Å²) < 4.78 is 2.19. The lowest BCUT2D eigenvalue weighted by molar-refractivity contribution is 1.14. The third-order valence-corrected chi connectivity index (χ3v) is 7.68. The molecule has 0 unspecified atom stereocenters. The van der Waals surface area contributed by atoms with Crippen molar-refractivity contribution in [2.24, 2.45) is 4.99 Å². The molecule has 4 aromatic carbocycles. The highest BCUT2D eigenvalue weighted by Crippen LogP contribution is 2.43. The van der Waals surface area contributed by atoms with Crippen LogP contribution in [0, 0.1) is 0 Å². The highest BCUT2D eigenvalue weighted by atomic mass is 35.5. The van der Waals surface area contributed by atoms with E-state index in [4.69, 9.17) is 16.6 Å². The second kappa shape index (κ2) is 9.70. The minimum Gasteiger partial charge on any atom is -0.256 e. The Balaban J connectivity index is 1.42. The number of benzene rings is 4. The maximum atomic E-state index is 5.96. The highest BCUT2D eigenvalue weighted by Gasteiger charge is 2.18. The van der Waals surface area contributed by atoms with Gasteiger partial charge in [-0.1, -0.05) is 96.2 Å². The van der Waals surface area contributed by atoms with Crippen LogP contribution in [0.1, 0.15) is 21.9 Å². The van der Waals surface area contributed by atoms with Crippen LogP contribution in [-0.2, 0) is 0 Å². The van der Waals surface area contributed by atoms with Gasteiger partial charge in [0.15, 0.2) is 4.34 Å². The van der Waals surface area contributed by atoms with Crippen molar-refractivity contribution in [3.8, 4) is 0 Å². The van der Waals surface area contributed by atoms with E-state index in [2.05, 4.69) is 71.7 Å². The number of halogens is 1. The van der Waals surface area contributed by atoms with Crippen LogP contribution in [-0.4, -0.2) is 11.2 Å². The van der Waals surface area contributed by atoms with Crippen molar-refractivity contribution in [3.63, 3.8) is 0 Å². The number of thioether (sulfide) groups is 1. The molecule has 2 nitrogen and oxygen atoms in total. The monoisotopic (exact) mass is 470 g/mol. The molecule has 0 aliphatic carbocycles. The first-order valence-electron chi connectivity index (χ1n) is 10.2. The number of fused-ring (bicyclic) bond motifs is 1. The van der Waals surface area contributed by atoms with Gasteiger partial charge in [-0.25, -0.2) is 4.98 Å². The van der Waals surface area contributed by atoms with Gasteiger partial charge in [0.05, 0.1) is 21.2 Å². The van der Waals surface area contributed by atoms with Crippen molar-refractivity contribution in [1.82, 2.24) is 4.98 Å². The van der Waals surface area contributed by atoms with Gasteiger partial charge in [0.2, 0.25) is 0 Å². The molecule has 0 saturated carbocycles. The summed E-state index contributed by atoms with van der Waals surface area (Å²) in [7, 11) is 0. The second-order valence-electron chi connectivity index (χ2n) is 7.26. The van der Waals surface area contributed by atoms with E-state index in [0.717, 1.165) is 30.8 Å². The van der Waals surface area contributed by atoms with E-state index >= 15 is 0 Å². The van der Waals surface area contributed by atoms with Gasteiger partial charge in [-0.05, 0) is 47.0 Å². The van der Waals surface area contributed by atoms with Gasteiger partial charge in [0.1, 0.15) is 0 Å². The van der Waals surface area contributed by atoms with Crippen LogP contribution in [0.5, 0.6) is 0 Å². The van der Waals surface area contributed by atoms with Gasteiger partial charge in [-0.15, -0.1) is 11.3 Å². The molecule has 1 heterocycles. The second-order valence-corrected chi connectivity index (χ2v) is 10.1. The summed E-state index contributed by atoms with van der Waals surface area (Å²) in [5.74, 6) is 0. The summed E-state index contributed by atoms with van der Waals surface area (Å²) in [4.78, 5) is 9.51. The molecule has 0 amide bonds. The molecule has 5 rings (SSSR count). The Labute approximate surface area is 200 Å². The fourth-order valence-electron chi connectivity index (χ4n) is 3.41. The van der Waals surface area contributed by atoms with Gasteiger partial charge in [0.25, 0.3) is 0 Å². The van der Waals surface area contributed by atoms with Gasteiger partial charge in [-0.3, -0.25) is 4.99 Å². The minimum absolute atomic E-state index is 0.195. The van der Waals surface area contributed by atoms with E-state index in [-0.39, 0.29) is 5.25 Å². The molecule has 5 aromatic rings. The predicted octanol–water partition coefficient (Wildman–Crippen LogP) is 8.58. The Morgan fingerprint density at radius 3 is 2.12 bits per heavy atom. The third kappa shape index (κ3) is 4.94. The van der Waals surface area contributed by atoms with Crippen LogP contribution < -0.4 is 0 Å². The molecule has 0 aliphatic rings. The van der Waals surface area contributed by atoms with Crippen molar-refractivity contribution in [2.75, 3.05) is 0 Å². The van der Waals surface area contributed by atoms with Gasteiger partial charge in [0, 0.05) is 11.2 Å². The van der Waals surface area contributed by atoms with Crippen LogP contribution in [0.3, 0.4) is 0 Å². The summed E-state index contributed by atoms with van der Waals surface area (Å²) in [6.07, 6.45) is 1.86. The molecule has 32 heavy (non-hydrogen) atoms. The molecular formula is C27H19ClN2S2. The minimum atomic E-state index is 0.195. The third-order valence-electron chi connectivity index (χ3n) is 5.01. The molecule has 156 valence electrons. The van der Waals surface area contributed by atoms with Gasteiger partial charge in [-0.2, -0.15) is 0 Å². The molecule has 0 atom stereocenters. The van der Waals surface area contributed by atoms with Crippen molar-refractivity contribution in [3.05, 3.63) is 125 Å². The molecule has 0 bridgehead atoms. The first-order valence-corrected chi connectivity index (χ1v) is 12.3. The zero-order valence-electron chi connectivity index (χ0n) is 17.1. The maximum absolute atomic E-state index is 5.96. The van der Waals surface area contributed by atoms with E-state index in [1.165, 1.54) is 11.1 Å². The number of thiazole rings is 1. The van der Waals surface area contributed by atoms with E-state index in [9.17, 15) is 0 Å². The lowest BCUT2D eigenvalue weighted by Gasteiger charge is -2.16. The molecule has 0 radical (unpaired) electrons. The summed E-state index contributed by atoms with van der Waals surface area (Å²) in [5, 5.41) is 0.919. The molecule has 0 aliphatic heterocycles. The lowest BCUT2D eigenvalue weighted by atomic mass is 10.0. The number of hydrogen-bond donors (Lipinski definition) is 0. The summed E-state index contributed by atoms with van der Waals surface area (Å²) >= 11 is 9.47. The molecule has 1 aromatic heterocycles. The van der Waals surface area contributed by atoms with Crippen molar-refractivity contribution in [1.29, 1.82) is 0 Å². The van der Waals surface area contributed by atoms with Crippen LogP contribution in [0.4, 0.5) is 5.69 Å². The number of aliphatic imine (C=N–C) groups is 1. The van der Waals surface area contributed by atoms with Crippen LogP contribution in [0.15, 0.2) is 112 Å². The molecule has 0 N–H and O–H groups in total. The van der Waals surface area contributed by atoms with Crippen LogP contribution >= 0.6 is 34.7 Å². The Hall–Kier alpha value is -2.92. The van der Waals surface area contributed by atoms with E-state index in [1.807, 2.05) is 42.6 Å². The normalized spacial score (nSPS) is 11.6. The van der Waals surface area contributed by atoms with Crippen molar-refractivity contribution >= 4 is 56.8 Å². The van der Waals surface area contributed by atoms with Gasteiger partial charge >= 0.3 is 0 Å². The fraction of sp³-hybridized carbons (Fsp3) is 0.0370. The lowest BCUT2D eigenvalue weighted by Crippen LogP contribution is -1.96. The zero-order valence-corrected chi connectivity index (χ0v) is 19.4. The fourth-order valence-corrected chi connectivity index (χ4v) is 5.95. The summed E-state index contributed by atoms with van der Waals surface area (Å²) in [6.45, 7) is 0. The Kier molecular flexibility index (Phi) is 6.35. The number of aromatic nitrogens is 1. The highest BCUT2D eigenvalue weighted by molar-refractivity contribution is 8.01. The summed E-state index contributed by atoms with van der Waals surface area (Å²) in [6, 6.07) is 35.0.